The summed E-state index contributed by atoms with van der Waals surface area (Å²) in [7, 11) is 1.93. The number of nitrogens with zero attached hydrogens (tertiary/aromatic N) is 1. The maximum Gasteiger partial charge on any atom is 0.335 e. The van der Waals surface area contributed by atoms with Gasteiger partial charge in [-0.25, -0.2) is 4.79 Å². The first-order chi connectivity index (χ1) is 14.9. The zero-order valence-electron chi connectivity index (χ0n) is 18.0. The lowest BCUT2D eigenvalue weighted by molar-refractivity contribution is -0.143. The molecule has 3 rings (SSSR count). The summed E-state index contributed by atoms with van der Waals surface area (Å²) in [6.45, 7) is 3.90. The van der Waals surface area contributed by atoms with Gasteiger partial charge in [-0.1, -0.05) is 30.3 Å². The van der Waals surface area contributed by atoms with Crippen molar-refractivity contribution < 1.29 is 24.2 Å². The molecular formula is C24H30N2O5. The van der Waals surface area contributed by atoms with Crippen LogP contribution >= 0.6 is 0 Å². The molecule has 0 radical (unpaired) electrons. The zero-order chi connectivity index (χ0) is 22.3. The smallest absolute Gasteiger partial charge is 0.335 e. The van der Waals surface area contributed by atoms with E-state index >= 15 is 0 Å². The highest BCUT2D eigenvalue weighted by Crippen LogP contribution is 2.27. The van der Waals surface area contributed by atoms with Crippen molar-refractivity contribution in [3.63, 3.8) is 0 Å². The summed E-state index contributed by atoms with van der Waals surface area (Å²) in [4.78, 5) is 26.5. The minimum Gasteiger partial charge on any atom is -0.492 e. The van der Waals surface area contributed by atoms with Crippen LogP contribution in [0.5, 0.6) is 5.75 Å². The van der Waals surface area contributed by atoms with E-state index in [1.165, 1.54) is 0 Å². The maximum absolute atomic E-state index is 13.4. The van der Waals surface area contributed by atoms with Crippen LogP contribution in [0.3, 0.4) is 0 Å². The van der Waals surface area contributed by atoms with Gasteiger partial charge >= 0.3 is 5.97 Å². The molecule has 2 aromatic carbocycles. The first-order valence-corrected chi connectivity index (χ1v) is 10.5. The Bertz CT molecular complexity index is 863. The second-order valence-corrected chi connectivity index (χ2v) is 7.89. The number of para-hydroxylation sites is 1. The highest BCUT2D eigenvalue weighted by molar-refractivity contribution is 5.88. The third kappa shape index (κ3) is 5.62. The Morgan fingerprint density at radius 2 is 1.90 bits per heavy atom. The third-order valence-corrected chi connectivity index (χ3v) is 5.82. The number of rotatable bonds is 9. The minimum atomic E-state index is -0.971. The number of hydrogen-bond donors (Lipinski definition) is 2. The SMILES string of the molecule is C[C@H](NC(=O)C1(N(C)CCOc2ccccc2)CCCOC1)c1ccc(C(=O)O)cc1. The number of carbonyl (C=O) groups excluding carboxylic acids is 1. The summed E-state index contributed by atoms with van der Waals surface area (Å²) in [6, 6.07) is 15.9. The molecule has 31 heavy (non-hydrogen) atoms. The van der Waals surface area contributed by atoms with Gasteiger partial charge in [0.2, 0.25) is 5.91 Å². The van der Waals surface area contributed by atoms with Crippen molar-refractivity contribution in [2.24, 2.45) is 0 Å². The third-order valence-electron chi connectivity index (χ3n) is 5.82. The molecule has 2 atom stereocenters. The fraction of sp³-hybridized carbons (Fsp3) is 0.417. The number of benzene rings is 2. The first kappa shape index (κ1) is 22.8. The molecule has 0 bridgehead atoms. The monoisotopic (exact) mass is 426 g/mol. The molecule has 2 N–H and O–H groups in total. The second kappa shape index (κ2) is 10.4. The molecule has 0 aromatic heterocycles. The van der Waals surface area contributed by atoms with Crippen LogP contribution in [0.25, 0.3) is 0 Å². The first-order valence-electron chi connectivity index (χ1n) is 10.5. The summed E-state index contributed by atoms with van der Waals surface area (Å²) in [5.74, 6) is -0.266. The van der Waals surface area contributed by atoms with E-state index in [-0.39, 0.29) is 17.5 Å². The Hall–Kier alpha value is -2.90. The van der Waals surface area contributed by atoms with Crippen LogP contribution in [0, 0.1) is 0 Å². The van der Waals surface area contributed by atoms with Gasteiger partial charge in [0, 0.05) is 13.2 Å². The van der Waals surface area contributed by atoms with Crippen LogP contribution in [-0.4, -0.2) is 60.8 Å². The molecule has 2 aromatic rings. The maximum atomic E-state index is 13.4. The van der Waals surface area contributed by atoms with Gasteiger partial charge in [-0.2, -0.15) is 0 Å². The summed E-state index contributed by atoms with van der Waals surface area (Å²) in [6.07, 6.45) is 1.50. The summed E-state index contributed by atoms with van der Waals surface area (Å²) >= 11 is 0. The molecule has 7 heteroatoms. The Labute approximate surface area is 183 Å². The van der Waals surface area contributed by atoms with E-state index in [2.05, 4.69) is 5.32 Å². The lowest BCUT2D eigenvalue weighted by Crippen LogP contribution is -2.62. The number of carboxylic acid groups (broad SMARTS) is 1. The highest BCUT2D eigenvalue weighted by atomic mass is 16.5. The quantitative estimate of drug-likeness (QED) is 0.641. The molecule has 1 saturated heterocycles. The summed E-state index contributed by atoms with van der Waals surface area (Å²) < 4.78 is 11.5. The molecular weight excluding hydrogens is 396 g/mol. The lowest BCUT2D eigenvalue weighted by atomic mass is 9.89. The molecule has 1 unspecified atom stereocenters. The normalized spacial score (nSPS) is 19.6. The number of hydrogen-bond acceptors (Lipinski definition) is 5. The largest absolute Gasteiger partial charge is 0.492 e. The van der Waals surface area contributed by atoms with Gasteiger partial charge < -0.3 is 19.9 Å². The Morgan fingerprint density at radius 1 is 1.19 bits per heavy atom. The second-order valence-electron chi connectivity index (χ2n) is 7.89. The minimum absolute atomic E-state index is 0.0933. The van der Waals surface area contributed by atoms with Gasteiger partial charge in [0.05, 0.1) is 18.2 Å². The van der Waals surface area contributed by atoms with Crippen molar-refractivity contribution >= 4 is 11.9 Å². The Morgan fingerprint density at radius 3 is 2.52 bits per heavy atom. The van der Waals surface area contributed by atoms with E-state index in [9.17, 15) is 9.59 Å². The molecule has 0 aliphatic carbocycles. The van der Waals surface area contributed by atoms with Crippen molar-refractivity contribution in [2.75, 3.05) is 33.4 Å². The Kier molecular flexibility index (Phi) is 7.65. The fourth-order valence-corrected chi connectivity index (χ4v) is 3.79. The van der Waals surface area contributed by atoms with Crippen LogP contribution < -0.4 is 10.1 Å². The number of amides is 1. The van der Waals surface area contributed by atoms with Crippen molar-refractivity contribution in [2.45, 2.75) is 31.3 Å². The standard InChI is InChI=1S/C24H30N2O5/c1-18(19-9-11-20(12-10-19)22(27)28)25-23(29)24(13-6-15-30-17-24)26(2)14-16-31-21-7-4-3-5-8-21/h3-5,7-12,18H,6,13-17H2,1-2H3,(H,25,29)(H,27,28)/t18-,24?/m0/s1. The predicted molar refractivity (Wildman–Crippen MR) is 117 cm³/mol. The lowest BCUT2D eigenvalue weighted by Gasteiger charge is -2.43. The van der Waals surface area contributed by atoms with Gasteiger partial charge in [-0.05, 0) is 56.6 Å². The van der Waals surface area contributed by atoms with E-state index in [1.54, 1.807) is 24.3 Å². The van der Waals surface area contributed by atoms with E-state index < -0.39 is 11.5 Å². The van der Waals surface area contributed by atoms with Gasteiger partial charge in [-0.3, -0.25) is 9.69 Å². The summed E-state index contributed by atoms with van der Waals surface area (Å²) in [5, 5.41) is 12.2. The van der Waals surface area contributed by atoms with Crippen LogP contribution in [0.1, 0.15) is 41.7 Å². The number of aromatic carboxylic acids is 1. The van der Waals surface area contributed by atoms with Crippen LogP contribution in [0.4, 0.5) is 0 Å². The summed E-state index contributed by atoms with van der Waals surface area (Å²) in [5.41, 5.74) is 0.297. The molecule has 1 aliphatic rings. The average molecular weight is 427 g/mol. The fourth-order valence-electron chi connectivity index (χ4n) is 3.79. The van der Waals surface area contributed by atoms with Crippen LogP contribution in [0.2, 0.25) is 0 Å². The predicted octanol–water partition coefficient (Wildman–Crippen LogP) is 3.12. The molecule has 0 spiro atoms. The molecule has 1 fully saturated rings. The van der Waals surface area contributed by atoms with Gasteiger partial charge in [-0.15, -0.1) is 0 Å². The van der Waals surface area contributed by atoms with Crippen molar-refractivity contribution in [3.8, 4) is 5.75 Å². The average Bonchev–Trinajstić information content (AvgIpc) is 2.80. The topological polar surface area (TPSA) is 88.1 Å². The number of nitrogens with one attached hydrogen (secondary N) is 1. The number of likely N-dealkylation sites (N-methyl/N-ethyl adjacent to an activating group) is 1. The zero-order valence-corrected chi connectivity index (χ0v) is 18.0. The molecule has 1 aliphatic heterocycles. The molecule has 166 valence electrons. The molecule has 7 nitrogen and oxygen atoms in total. The van der Waals surface area contributed by atoms with E-state index in [0.717, 1.165) is 17.7 Å². The van der Waals surface area contributed by atoms with Crippen molar-refractivity contribution in [1.29, 1.82) is 0 Å². The molecule has 1 amide bonds. The number of carbonyl (C=O) groups is 2. The number of ether oxygens (including phenoxy) is 2. The Balaban J connectivity index is 1.65. The highest BCUT2D eigenvalue weighted by Gasteiger charge is 2.44. The van der Waals surface area contributed by atoms with Gasteiger partial charge in [0.25, 0.3) is 0 Å². The van der Waals surface area contributed by atoms with E-state index in [1.807, 2.05) is 49.2 Å². The van der Waals surface area contributed by atoms with Crippen LogP contribution in [-0.2, 0) is 9.53 Å². The van der Waals surface area contributed by atoms with Crippen molar-refractivity contribution in [3.05, 3.63) is 65.7 Å². The number of carboxylic acids is 1. The van der Waals surface area contributed by atoms with Gasteiger partial charge in [0.15, 0.2) is 0 Å². The van der Waals surface area contributed by atoms with Crippen molar-refractivity contribution in [1.82, 2.24) is 10.2 Å². The van der Waals surface area contributed by atoms with Gasteiger partial charge in [0.1, 0.15) is 17.9 Å². The molecule has 0 saturated carbocycles. The molecule has 1 heterocycles. The van der Waals surface area contributed by atoms with E-state index in [0.29, 0.717) is 32.8 Å². The van der Waals surface area contributed by atoms with Crippen LogP contribution in [0.15, 0.2) is 54.6 Å². The van der Waals surface area contributed by atoms with E-state index in [4.69, 9.17) is 14.6 Å².